The Morgan fingerprint density at radius 3 is 2.60 bits per heavy atom. The van der Waals surface area contributed by atoms with Crippen LogP contribution < -0.4 is 5.32 Å². The van der Waals surface area contributed by atoms with E-state index in [1.165, 1.54) is 0 Å². The fraction of sp³-hybridized carbons (Fsp3) is 0.538. The highest BCUT2D eigenvalue weighted by molar-refractivity contribution is 7.89. The molecule has 2 aliphatic rings. The van der Waals surface area contributed by atoms with Gasteiger partial charge in [0.05, 0.1) is 17.1 Å². The first-order chi connectivity index (χ1) is 9.50. The molecule has 110 valence electrons. The molecule has 2 atom stereocenters. The maximum absolute atomic E-state index is 12.7. The largest absolute Gasteiger partial charge is 0.389 e. The second-order valence-corrected chi connectivity index (χ2v) is 7.18. The molecule has 2 unspecified atom stereocenters. The molecule has 1 fully saturated rings. The highest BCUT2D eigenvalue weighted by Gasteiger charge is 2.38. The van der Waals surface area contributed by atoms with Crippen LogP contribution in [-0.4, -0.2) is 54.8 Å². The Hall–Kier alpha value is -1.15. The first-order valence-corrected chi connectivity index (χ1v) is 8.16. The first kappa shape index (κ1) is 13.8. The number of hydrogen-bond acceptors (Lipinski definition) is 5. The number of nitrogens with zero attached hydrogens (tertiary/aromatic N) is 1. The number of fused-ring (bicyclic) bond motifs is 1. The summed E-state index contributed by atoms with van der Waals surface area (Å²) >= 11 is 0. The molecular formula is C13H18N2O4S. The number of nitrogens with one attached hydrogen (secondary N) is 1. The van der Waals surface area contributed by atoms with Gasteiger partial charge in [0.1, 0.15) is 0 Å². The lowest BCUT2D eigenvalue weighted by molar-refractivity contribution is 0.0572. The number of sulfonamides is 1. The summed E-state index contributed by atoms with van der Waals surface area (Å²) < 4.78 is 26.5. The third kappa shape index (κ3) is 2.20. The van der Waals surface area contributed by atoms with E-state index in [0.29, 0.717) is 0 Å². The smallest absolute Gasteiger partial charge is 0.243 e. The number of rotatable bonds is 2. The average Bonchev–Trinajstić information content (AvgIpc) is 2.79. The maximum Gasteiger partial charge on any atom is 0.243 e. The molecular weight excluding hydrogens is 280 g/mol. The van der Waals surface area contributed by atoms with E-state index < -0.39 is 22.2 Å². The van der Waals surface area contributed by atoms with Gasteiger partial charge >= 0.3 is 0 Å². The molecule has 0 bridgehead atoms. The van der Waals surface area contributed by atoms with Gasteiger partial charge in [0.25, 0.3) is 0 Å². The van der Waals surface area contributed by atoms with Crippen LogP contribution in [0.1, 0.15) is 12.0 Å². The highest BCUT2D eigenvalue weighted by atomic mass is 32.2. The van der Waals surface area contributed by atoms with Gasteiger partial charge in [-0.05, 0) is 30.5 Å². The second kappa shape index (κ2) is 5.00. The van der Waals surface area contributed by atoms with Gasteiger partial charge in [-0.1, -0.05) is 6.07 Å². The van der Waals surface area contributed by atoms with Crippen molar-refractivity contribution in [3.05, 3.63) is 23.8 Å². The maximum atomic E-state index is 12.7. The molecule has 2 heterocycles. The summed E-state index contributed by atoms with van der Waals surface area (Å²) in [4.78, 5) is 0.281. The monoisotopic (exact) mass is 298 g/mol. The van der Waals surface area contributed by atoms with E-state index >= 15 is 0 Å². The zero-order chi connectivity index (χ0) is 14.3. The molecule has 7 heteroatoms. The predicted molar refractivity (Wildman–Crippen MR) is 74.0 cm³/mol. The summed E-state index contributed by atoms with van der Waals surface area (Å²) in [6.07, 6.45) is -0.411. The van der Waals surface area contributed by atoms with Crippen LogP contribution in [0.3, 0.4) is 0 Å². The first-order valence-electron chi connectivity index (χ1n) is 6.72. The van der Waals surface area contributed by atoms with Crippen LogP contribution in [0.15, 0.2) is 23.1 Å². The molecule has 3 N–H and O–H groups in total. The van der Waals surface area contributed by atoms with Crippen molar-refractivity contribution >= 4 is 15.7 Å². The van der Waals surface area contributed by atoms with E-state index in [0.717, 1.165) is 34.9 Å². The number of aliphatic hydroxyl groups is 2. The van der Waals surface area contributed by atoms with Crippen molar-refractivity contribution < 1.29 is 18.6 Å². The summed E-state index contributed by atoms with van der Waals surface area (Å²) in [5, 5.41) is 22.3. The van der Waals surface area contributed by atoms with E-state index in [1.54, 1.807) is 12.1 Å². The number of aliphatic hydroxyl groups excluding tert-OH is 2. The molecule has 1 aromatic carbocycles. The summed E-state index contributed by atoms with van der Waals surface area (Å²) in [6, 6.07) is 5.19. The molecule has 0 radical (unpaired) electrons. The Balaban J connectivity index is 2.00. The lowest BCUT2D eigenvalue weighted by Crippen LogP contribution is -2.31. The normalized spacial score (nSPS) is 27.1. The minimum Gasteiger partial charge on any atom is -0.389 e. The second-order valence-electron chi connectivity index (χ2n) is 5.27. The molecule has 0 spiro atoms. The van der Waals surface area contributed by atoms with E-state index in [4.69, 9.17) is 0 Å². The molecule has 0 saturated carbocycles. The lowest BCUT2D eigenvalue weighted by atomic mass is 10.0. The molecule has 20 heavy (non-hydrogen) atoms. The van der Waals surface area contributed by atoms with E-state index in [1.807, 2.05) is 6.07 Å². The van der Waals surface area contributed by atoms with E-state index in [9.17, 15) is 18.6 Å². The fourth-order valence-corrected chi connectivity index (χ4v) is 4.54. The average molecular weight is 298 g/mol. The summed E-state index contributed by atoms with van der Waals surface area (Å²) in [6.45, 7) is 0.735. The van der Waals surface area contributed by atoms with Crippen LogP contribution in [0.2, 0.25) is 0 Å². The minimum atomic E-state index is -3.67. The van der Waals surface area contributed by atoms with Crippen molar-refractivity contribution in [2.45, 2.75) is 29.9 Å². The third-order valence-corrected chi connectivity index (χ3v) is 5.81. The topological polar surface area (TPSA) is 89.9 Å². The summed E-state index contributed by atoms with van der Waals surface area (Å²) in [5.41, 5.74) is 1.66. The van der Waals surface area contributed by atoms with Gasteiger partial charge in [-0.25, -0.2) is 8.42 Å². The van der Waals surface area contributed by atoms with Gasteiger partial charge in [-0.15, -0.1) is 0 Å². The van der Waals surface area contributed by atoms with Crippen molar-refractivity contribution in [1.29, 1.82) is 0 Å². The van der Waals surface area contributed by atoms with Crippen molar-refractivity contribution in [3.8, 4) is 0 Å². The molecule has 1 saturated heterocycles. The van der Waals surface area contributed by atoms with Crippen LogP contribution in [0.25, 0.3) is 0 Å². The van der Waals surface area contributed by atoms with E-state index in [-0.39, 0.29) is 18.0 Å². The summed E-state index contributed by atoms with van der Waals surface area (Å²) in [5.74, 6) is 0. The SMILES string of the molecule is O=S(=O)(c1cccc2c1CCCN2)N1CC(O)C(O)C1. The number of anilines is 1. The molecule has 0 amide bonds. The number of β-amino-alcohol motifs (C(OH)–C–C–N with tert-alkyl or cyclic N) is 2. The zero-order valence-corrected chi connectivity index (χ0v) is 11.8. The molecule has 0 aromatic heterocycles. The Labute approximate surface area is 118 Å². The third-order valence-electron chi connectivity index (χ3n) is 3.90. The standard InChI is InChI=1S/C13H18N2O4S/c16-11-7-15(8-12(11)17)20(18,19)13-5-1-4-10-9(13)3-2-6-14-10/h1,4-5,11-12,14,16-17H,2-3,6-8H2. The van der Waals surface area contributed by atoms with Crippen molar-refractivity contribution in [2.75, 3.05) is 25.0 Å². The zero-order valence-electron chi connectivity index (χ0n) is 11.0. The van der Waals surface area contributed by atoms with Gasteiger partial charge in [0, 0.05) is 25.3 Å². The lowest BCUT2D eigenvalue weighted by Gasteiger charge is -2.23. The van der Waals surface area contributed by atoms with Gasteiger partial charge in [0.15, 0.2) is 0 Å². The van der Waals surface area contributed by atoms with Gasteiger partial charge in [-0.2, -0.15) is 4.31 Å². The van der Waals surface area contributed by atoms with Crippen molar-refractivity contribution in [2.24, 2.45) is 0 Å². The minimum absolute atomic E-state index is 0.0550. The highest BCUT2D eigenvalue weighted by Crippen LogP contribution is 2.31. The van der Waals surface area contributed by atoms with Crippen LogP contribution in [0.4, 0.5) is 5.69 Å². The van der Waals surface area contributed by atoms with E-state index in [2.05, 4.69) is 5.32 Å². The fourth-order valence-electron chi connectivity index (χ4n) is 2.79. The quantitative estimate of drug-likeness (QED) is 0.702. The molecule has 3 rings (SSSR count). The van der Waals surface area contributed by atoms with Gasteiger partial charge in [0.2, 0.25) is 10.0 Å². The molecule has 1 aromatic rings. The van der Waals surface area contributed by atoms with Crippen molar-refractivity contribution in [1.82, 2.24) is 4.31 Å². The molecule has 6 nitrogen and oxygen atoms in total. The van der Waals surface area contributed by atoms with Crippen molar-refractivity contribution in [3.63, 3.8) is 0 Å². The number of hydrogen-bond donors (Lipinski definition) is 3. The Morgan fingerprint density at radius 2 is 1.90 bits per heavy atom. The van der Waals surface area contributed by atoms with Gasteiger partial charge < -0.3 is 15.5 Å². The van der Waals surface area contributed by atoms with Gasteiger partial charge in [-0.3, -0.25) is 0 Å². The van der Waals surface area contributed by atoms with Crippen LogP contribution in [-0.2, 0) is 16.4 Å². The van der Waals surface area contributed by atoms with Crippen LogP contribution in [0, 0.1) is 0 Å². The van der Waals surface area contributed by atoms with Crippen LogP contribution >= 0.6 is 0 Å². The number of benzene rings is 1. The molecule has 0 aliphatic carbocycles. The Bertz CT molecular complexity index is 607. The predicted octanol–water partition coefficient (Wildman–Crippen LogP) is -0.229. The summed E-state index contributed by atoms with van der Waals surface area (Å²) in [7, 11) is -3.67. The Kier molecular flexibility index (Phi) is 3.45. The molecule has 2 aliphatic heterocycles. The Morgan fingerprint density at radius 1 is 1.20 bits per heavy atom. The van der Waals surface area contributed by atoms with Crippen LogP contribution in [0.5, 0.6) is 0 Å².